The van der Waals surface area contributed by atoms with Gasteiger partial charge in [-0.2, -0.15) is 0 Å². The topological polar surface area (TPSA) is 27.6 Å². The van der Waals surface area contributed by atoms with Crippen molar-refractivity contribution >= 4 is 5.84 Å². The van der Waals surface area contributed by atoms with Gasteiger partial charge in [-0.3, -0.25) is 4.99 Å². The van der Waals surface area contributed by atoms with Crippen LogP contribution in [0, 0.1) is 5.92 Å². The largest absolute Gasteiger partial charge is 0.363 e. The van der Waals surface area contributed by atoms with Gasteiger partial charge in [0.1, 0.15) is 5.84 Å². The smallest absolute Gasteiger partial charge is 0.128 e. The molecule has 0 aromatic rings. The Hall–Kier alpha value is -1.09. The fraction of sp³-hybridized carbons (Fsp3) is 0.615. The van der Waals surface area contributed by atoms with Crippen LogP contribution in [0.2, 0.25) is 0 Å². The third kappa shape index (κ3) is 1.59. The quantitative estimate of drug-likeness (QED) is 0.574. The summed E-state index contributed by atoms with van der Waals surface area (Å²) in [6, 6.07) is 0. The molecule has 16 heavy (non-hydrogen) atoms. The zero-order valence-electron chi connectivity index (χ0n) is 10.6. The van der Waals surface area contributed by atoms with Gasteiger partial charge in [-0.1, -0.05) is 18.2 Å². The van der Waals surface area contributed by atoms with Crippen molar-refractivity contribution in [2.75, 3.05) is 27.7 Å². The average Bonchev–Trinajstić information content (AvgIpc) is 3.00. The van der Waals surface area contributed by atoms with Gasteiger partial charge >= 0.3 is 0 Å². The zero-order chi connectivity index (χ0) is 11.8. The van der Waals surface area contributed by atoms with Crippen molar-refractivity contribution in [3.63, 3.8) is 0 Å². The summed E-state index contributed by atoms with van der Waals surface area (Å²) in [4.78, 5) is 6.73. The SMILES string of the molecule is CCN=C(C1=CC=CC2CC12NC)N(C)C. The number of likely N-dealkylation sites (N-methyl/N-ethyl adjacent to an activating group) is 2. The van der Waals surface area contributed by atoms with E-state index in [1.165, 1.54) is 12.0 Å². The number of hydrogen-bond acceptors (Lipinski definition) is 2. The number of allylic oxidation sites excluding steroid dienone is 2. The zero-order valence-corrected chi connectivity index (χ0v) is 10.6. The number of hydrogen-bond donors (Lipinski definition) is 1. The van der Waals surface area contributed by atoms with Crippen LogP contribution in [-0.2, 0) is 0 Å². The summed E-state index contributed by atoms with van der Waals surface area (Å²) in [5.74, 6) is 1.77. The molecule has 88 valence electrons. The maximum atomic E-state index is 4.62. The second-order valence-corrected chi connectivity index (χ2v) is 4.69. The van der Waals surface area contributed by atoms with Crippen molar-refractivity contribution < 1.29 is 0 Å². The van der Waals surface area contributed by atoms with Gasteiger partial charge in [0.25, 0.3) is 0 Å². The van der Waals surface area contributed by atoms with Gasteiger partial charge in [0.05, 0.1) is 5.54 Å². The highest BCUT2D eigenvalue weighted by Crippen LogP contribution is 2.52. The lowest BCUT2D eigenvalue weighted by Gasteiger charge is -2.27. The monoisotopic (exact) mass is 219 g/mol. The lowest BCUT2D eigenvalue weighted by atomic mass is 9.96. The molecule has 2 atom stereocenters. The molecule has 0 amide bonds. The lowest BCUT2D eigenvalue weighted by molar-refractivity contribution is 0.571. The Balaban J connectivity index is 2.34. The van der Waals surface area contributed by atoms with Crippen LogP contribution in [-0.4, -0.2) is 44.0 Å². The van der Waals surface area contributed by atoms with Gasteiger partial charge in [0.15, 0.2) is 0 Å². The predicted octanol–water partition coefficient (Wildman–Crippen LogP) is 1.44. The average molecular weight is 219 g/mol. The standard InChI is InChI=1S/C13H21N3/c1-5-15-12(16(3)4)11-8-6-7-10-9-13(10,11)14-2/h6-8,10,14H,5,9H2,1-4H3. The molecule has 2 aliphatic carbocycles. The maximum absolute atomic E-state index is 4.62. The molecule has 2 aliphatic rings. The summed E-state index contributed by atoms with van der Waals surface area (Å²) in [6.45, 7) is 2.91. The van der Waals surface area contributed by atoms with Gasteiger partial charge in [0.2, 0.25) is 0 Å². The van der Waals surface area contributed by atoms with E-state index >= 15 is 0 Å². The minimum Gasteiger partial charge on any atom is -0.363 e. The fourth-order valence-electron chi connectivity index (χ4n) is 2.58. The third-order valence-electron chi connectivity index (χ3n) is 3.52. The van der Waals surface area contributed by atoms with E-state index in [1.807, 2.05) is 7.05 Å². The Kier molecular flexibility index (Phi) is 2.89. The Morgan fingerprint density at radius 1 is 1.62 bits per heavy atom. The van der Waals surface area contributed by atoms with E-state index in [0.717, 1.165) is 12.4 Å². The van der Waals surface area contributed by atoms with Crippen LogP contribution in [0.5, 0.6) is 0 Å². The second kappa shape index (κ2) is 4.06. The van der Waals surface area contributed by atoms with Crippen molar-refractivity contribution in [2.45, 2.75) is 18.9 Å². The fourth-order valence-corrected chi connectivity index (χ4v) is 2.58. The Labute approximate surface area is 97.9 Å². The van der Waals surface area contributed by atoms with Crippen LogP contribution < -0.4 is 5.32 Å². The first-order chi connectivity index (χ1) is 7.65. The molecule has 0 aromatic heterocycles. The number of nitrogens with one attached hydrogen (secondary N) is 1. The summed E-state index contributed by atoms with van der Waals surface area (Å²) in [6.07, 6.45) is 7.85. The predicted molar refractivity (Wildman–Crippen MR) is 68.8 cm³/mol. The highest BCUT2D eigenvalue weighted by molar-refractivity contribution is 6.01. The molecule has 0 aliphatic heterocycles. The number of fused-ring (bicyclic) bond motifs is 1. The molecule has 0 aromatic carbocycles. The first-order valence-corrected chi connectivity index (χ1v) is 5.95. The summed E-state index contributed by atoms with van der Waals surface area (Å²) in [5.41, 5.74) is 1.50. The first-order valence-electron chi connectivity index (χ1n) is 5.95. The number of nitrogens with zero attached hydrogens (tertiary/aromatic N) is 2. The maximum Gasteiger partial charge on any atom is 0.128 e. The van der Waals surface area contributed by atoms with E-state index in [1.54, 1.807) is 0 Å². The van der Waals surface area contributed by atoms with Gasteiger partial charge in [0, 0.05) is 32.1 Å². The van der Waals surface area contributed by atoms with Crippen molar-refractivity contribution in [1.82, 2.24) is 10.2 Å². The summed E-state index contributed by atoms with van der Waals surface area (Å²) in [7, 11) is 6.18. The molecule has 2 unspecified atom stereocenters. The van der Waals surface area contributed by atoms with Crippen molar-refractivity contribution in [3.8, 4) is 0 Å². The normalized spacial score (nSPS) is 32.1. The summed E-state index contributed by atoms with van der Waals surface area (Å²) in [5, 5.41) is 3.47. The number of rotatable bonds is 3. The minimum absolute atomic E-state index is 0.160. The molecule has 0 spiro atoms. The molecule has 1 fully saturated rings. The van der Waals surface area contributed by atoms with Crippen LogP contribution >= 0.6 is 0 Å². The Morgan fingerprint density at radius 3 is 2.94 bits per heavy atom. The summed E-state index contributed by atoms with van der Waals surface area (Å²) >= 11 is 0. The molecule has 0 saturated heterocycles. The minimum atomic E-state index is 0.160. The third-order valence-corrected chi connectivity index (χ3v) is 3.52. The molecule has 2 rings (SSSR count). The van der Waals surface area contributed by atoms with Crippen molar-refractivity contribution in [2.24, 2.45) is 10.9 Å². The van der Waals surface area contributed by atoms with Crippen LogP contribution in [0.1, 0.15) is 13.3 Å². The Morgan fingerprint density at radius 2 is 2.38 bits per heavy atom. The van der Waals surface area contributed by atoms with Gasteiger partial charge in [-0.25, -0.2) is 0 Å². The number of aliphatic imine (C=N–C) groups is 1. The van der Waals surface area contributed by atoms with E-state index in [0.29, 0.717) is 5.92 Å². The van der Waals surface area contributed by atoms with Crippen LogP contribution in [0.4, 0.5) is 0 Å². The van der Waals surface area contributed by atoms with E-state index < -0.39 is 0 Å². The molecule has 1 N–H and O–H groups in total. The van der Waals surface area contributed by atoms with E-state index in [9.17, 15) is 0 Å². The molecule has 3 heteroatoms. The molecular weight excluding hydrogens is 198 g/mol. The molecule has 0 radical (unpaired) electrons. The molecular formula is C13H21N3. The number of amidine groups is 1. The molecule has 0 heterocycles. The van der Waals surface area contributed by atoms with Crippen LogP contribution in [0.3, 0.4) is 0 Å². The molecule has 1 saturated carbocycles. The van der Waals surface area contributed by atoms with Crippen LogP contribution in [0.25, 0.3) is 0 Å². The van der Waals surface area contributed by atoms with E-state index in [4.69, 9.17) is 0 Å². The van der Waals surface area contributed by atoms with Crippen molar-refractivity contribution in [1.29, 1.82) is 0 Å². The van der Waals surface area contributed by atoms with Crippen LogP contribution in [0.15, 0.2) is 28.8 Å². The van der Waals surface area contributed by atoms with Gasteiger partial charge < -0.3 is 10.2 Å². The van der Waals surface area contributed by atoms with E-state index in [-0.39, 0.29) is 5.54 Å². The van der Waals surface area contributed by atoms with Gasteiger partial charge in [-0.05, 0) is 20.4 Å². The second-order valence-electron chi connectivity index (χ2n) is 4.69. The van der Waals surface area contributed by atoms with E-state index in [2.05, 4.69) is 54.5 Å². The van der Waals surface area contributed by atoms with Gasteiger partial charge in [-0.15, -0.1) is 0 Å². The Bertz CT molecular complexity index is 365. The highest BCUT2D eigenvalue weighted by atomic mass is 15.2. The first kappa shape index (κ1) is 11.4. The lowest BCUT2D eigenvalue weighted by Crippen LogP contribution is -2.40. The highest BCUT2D eigenvalue weighted by Gasteiger charge is 2.56. The molecule has 0 bridgehead atoms. The summed E-state index contributed by atoms with van der Waals surface area (Å²) < 4.78 is 0. The van der Waals surface area contributed by atoms with Crippen molar-refractivity contribution in [3.05, 3.63) is 23.8 Å². The molecule has 3 nitrogen and oxygen atoms in total.